The molecule has 0 aliphatic rings. The number of nitrogens with one attached hydrogen (secondary N) is 3. The number of hydrogen-bond acceptors (Lipinski definition) is 3. The Morgan fingerprint density at radius 2 is 2.11 bits per heavy atom. The highest BCUT2D eigenvalue weighted by molar-refractivity contribution is 5.91. The van der Waals surface area contributed by atoms with E-state index in [1.54, 1.807) is 18.2 Å². The highest BCUT2D eigenvalue weighted by atomic mass is 16.3. The predicted octanol–water partition coefficient (Wildman–Crippen LogP) is 1.03. The smallest absolute Gasteiger partial charge is 0.319 e. The van der Waals surface area contributed by atoms with Crippen molar-refractivity contribution in [1.82, 2.24) is 10.3 Å². The van der Waals surface area contributed by atoms with Crippen molar-refractivity contribution >= 4 is 22.6 Å². The normalized spacial score (nSPS) is 10.4. The number of pyridine rings is 1. The number of anilines is 1. The van der Waals surface area contributed by atoms with Crippen LogP contribution in [0.15, 0.2) is 35.3 Å². The number of hydrogen-bond donors (Lipinski definition) is 4. The van der Waals surface area contributed by atoms with Crippen molar-refractivity contribution in [2.45, 2.75) is 6.42 Å². The van der Waals surface area contributed by atoms with Gasteiger partial charge in [0.25, 0.3) is 0 Å². The lowest BCUT2D eigenvalue weighted by atomic mass is 10.2. The zero-order valence-corrected chi connectivity index (χ0v) is 10.3. The van der Waals surface area contributed by atoms with Crippen LogP contribution < -0.4 is 16.1 Å². The summed E-state index contributed by atoms with van der Waals surface area (Å²) in [7, 11) is 0. The van der Waals surface area contributed by atoms with Crippen molar-refractivity contribution in [3.8, 4) is 0 Å². The quantitative estimate of drug-likeness (QED) is 0.619. The van der Waals surface area contributed by atoms with Gasteiger partial charge in [-0.3, -0.25) is 4.79 Å². The zero-order chi connectivity index (χ0) is 13.7. The third kappa shape index (κ3) is 3.11. The minimum atomic E-state index is -0.464. The first-order valence-corrected chi connectivity index (χ1v) is 5.98. The molecule has 0 saturated heterocycles. The van der Waals surface area contributed by atoms with Crippen molar-refractivity contribution in [3.05, 3.63) is 40.7 Å². The fraction of sp³-hybridized carbons (Fsp3) is 0.231. The molecule has 2 rings (SSSR count). The largest absolute Gasteiger partial charge is 0.396 e. The van der Waals surface area contributed by atoms with Crippen LogP contribution in [0.1, 0.15) is 6.42 Å². The summed E-state index contributed by atoms with van der Waals surface area (Å²) < 4.78 is 0. The zero-order valence-electron chi connectivity index (χ0n) is 10.3. The SMILES string of the molecule is O=C(NCCCO)Nc1c[nH]c2ccccc2c1=O. The first-order chi connectivity index (χ1) is 9.22. The molecule has 6 nitrogen and oxygen atoms in total. The van der Waals surface area contributed by atoms with Crippen LogP contribution in [-0.2, 0) is 0 Å². The maximum Gasteiger partial charge on any atom is 0.319 e. The number of fused-ring (bicyclic) bond motifs is 1. The van der Waals surface area contributed by atoms with E-state index in [0.29, 0.717) is 18.4 Å². The Balaban J connectivity index is 2.15. The van der Waals surface area contributed by atoms with E-state index in [0.717, 1.165) is 5.52 Å². The van der Waals surface area contributed by atoms with E-state index in [1.807, 2.05) is 6.07 Å². The summed E-state index contributed by atoms with van der Waals surface area (Å²) in [6.07, 6.45) is 1.94. The molecule has 4 N–H and O–H groups in total. The number of para-hydroxylation sites is 1. The van der Waals surface area contributed by atoms with Gasteiger partial charge in [0, 0.05) is 30.3 Å². The van der Waals surface area contributed by atoms with Gasteiger partial charge in [-0.25, -0.2) is 4.79 Å². The van der Waals surface area contributed by atoms with Crippen molar-refractivity contribution in [2.75, 3.05) is 18.5 Å². The maximum absolute atomic E-state index is 12.1. The lowest BCUT2D eigenvalue weighted by molar-refractivity contribution is 0.249. The molecule has 0 radical (unpaired) electrons. The highest BCUT2D eigenvalue weighted by Crippen LogP contribution is 2.09. The number of aromatic amines is 1. The van der Waals surface area contributed by atoms with Crippen molar-refractivity contribution < 1.29 is 9.90 Å². The van der Waals surface area contributed by atoms with Gasteiger partial charge >= 0.3 is 6.03 Å². The Morgan fingerprint density at radius 1 is 1.32 bits per heavy atom. The van der Waals surface area contributed by atoms with Crippen LogP contribution in [-0.4, -0.2) is 29.3 Å². The number of carbonyl (C=O) groups is 1. The van der Waals surface area contributed by atoms with Gasteiger partial charge in [-0.1, -0.05) is 12.1 Å². The molecule has 0 bridgehead atoms. The van der Waals surface area contributed by atoms with Gasteiger partial charge in [-0.15, -0.1) is 0 Å². The molecule has 0 unspecified atom stereocenters. The van der Waals surface area contributed by atoms with Crippen molar-refractivity contribution in [3.63, 3.8) is 0 Å². The third-order valence-corrected chi connectivity index (χ3v) is 2.66. The molecule has 0 saturated carbocycles. The van der Waals surface area contributed by atoms with Gasteiger partial charge in [0.2, 0.25) is 5.43 Å². The second kappa shape index (κ2) is 6.01. The average molecular weight is 261 g/mol. The Labute approximate surface area is 109 Å². The van der Waals surface area contributed by atoms with Crippen LogP contribution in [0.25, 0.3) is 10.9 Å². The number of amides is 2. The molecular formula is C13H15N3O3. The minimum absolute atomic E-state index is 0.0108. The summed E-state index contributed by atoms with van der Waals surface area (Å²) in [5, 5.41) is 14.2. The third-order valence-electron chi connectivity index (χ3n) is 2.66. The summed E-state index contributed by atoms with van der Waals surface area (Å²) in [4.78, 5) is 26.6. The molecule has 100 valence electrons. The fourth-order valence-electron chi connectivity index (χ4n) is 1.71. The topological polar surface area (TPSA) is 94.2 Å². The second-order valence-electron chi connectivity index (χ2n) is 4.04. The number of aliphatic hydroxyl groups is 1. The van der Waals surface area contributed by atoms with Gasteiger partial charge in [-0.05, 0) is 18.6 Å². The minimum Gasteiger partial charge on any atom is -0.396 e. The van der Waals surface area contributed by atoms with E-state index in [1.165, 1.54) is 6.20 Å². The van der Waals surface area contributed by atoms with E-state index in [4.69, 9.17) is 5.11 Å². The lowest BCUT2D eigenvalue weighted by Gasteiger charge is -2.07. The van der Waals surface area contributed by atoms with E-state index in [9.17, 15) is 9.59 Å². The van der Waals surface area contributed by atoms with Crippen LogP contribution in [0, 0.1) is 0 Å². The number of rotatable bonds is 4. The summed E-state index contributed by atoms with van der Waals surface area (Å²) in [5.41, 5.74) is 0.686. The molecular weight excluding hydrogens is 246 g/mol. The highest BCUT2D eigenvalue weighted by Gasteiger charge is 2.07. The number of benzene rings is 1. The van der Waals surface area contributed by atoms with E-state index in [-0.39, 0.29) is 17.7 Å². The first-order valence-electron chi connectivity index (χ1n) is 5.98. The van der Waals surface area contributed by atoms with Gasteiger partial charge in [0.1, 0.15) is 5.69 Å². The summed E-state index contributed by atoms with van der Waals surface area (Å²) in [6.45, 7) is 0.366. The van der Waals surface area contributed by atoms with Gasteiger partial charge in [-0.2, -0.15) is 0 Å². The monoisotopic (exact) mass is 261 g/mol. The standard InChI is InChI=1S/C13H15N3O3/c17-7-3-6-14-13(19)16-11-8-15-10-5-2-1-4-9(10)12(11)18/h1-2,4-5,8,17H,3,6-7H2,(H,15,18)(H2,14,16,19). The number of aliphatic hydroxyl groups excluding tert-OH is 1. The van der Waals surface area contributed by atoms with Gasteiger partial charge < -0.3 is 20.7 Å². The van der Waals surface area contributed by atoms with Crippen LogP contribution >= 0.6 is 0 Å². The van der Waals surface area contributed by atoms with Crippen molar-refractivity contribution in [2.24, 2.45) is 0 Å². The number of H-pyrrole nitrogens is 1. The first kappa shape index (κ1) is 13.1. The molecule has 0 fully saturated rings. The molecule has 1 aromatic carbocycles. The second-order valence-corrected chi connectivity index (χ2v) is 4.04. The van der Waals surface area contributed by atoms with E-state index < -0.39 is 6.03 Å². The summed E-state index contributed by atoms with van der Waals surface area (Å²) in [6, 6.07) is 6.62. The lowest BCUT2D eigenvalue weighted by Crippen LogP contribution is -2.31. The van der Waals surface area contributed by atoms with Crippen LogP contribution in [0.5, 0.6) is 0 Å². The van der Waals surface area contributed by atoms with Crippen molar-refractivity contribution in [1.29, 1.82) is 0 Å². The molecule has 0 spiro atoms. The number of aromatic nitrogens is 1. The summed E-state index contributed by atoms with van der Waals surface area (Å²) >= 11 is 0. The van der Waals surface area contributed by atoms with Gasteiger partial charge in [0.05, 0.1) is 0 Å². The maximum atomic E-state index is 12.1. The molecule has 1 heterocycles. The molecule has 0 atom stereocenters. The van der Waals surface area contributed by atoms with E-state index in [2.05, 4.69) is 15.6 Å². The number of carbonyl (C=O) groups excluding carboxylic acids is 1. The average Bonchev–Trinajstić information content (AvgIpc) is 2.43. The Kier molecular flexibility index (Phi) is 4.15. The Morgan fingerprint density at radius 3 is 2.89 bits per heavy atom. The molecule has 2 aromatic rings. The Bertz CT molecular complexity index is 636. The van der Waals surface area contributed by atoms with Crippen LogP contribution in [0.4, 0.5) is 10.5 Å². The molecule has 19 heavy (non-hydrogen) atoms. The van der Waals surface area contributed by atoms with Crippen LogP contribution in [0.3, 0.4) is 0 Å². The molecule has 6 heteroatoms. The predicted molar refractivity (Wildman–Crippen MR) is 73.3 cm³/mol. The molecule has 0 aliphatic carbocycles. The van der Waals surface area contributed by atoms with Crippen LogP contribution in [0.2, 0.25) is 0 Å². The fourth-order valence-corrected chi connectivity index (χ4v) is 1.71. The van der Waals surface area contributed by atoms with Gasteiger partial charge in [0.15, 0.2) is 0 Å². The van der Waals surface area contributed by atoms with E-state index >= 15 is 0 Å². The summed E-state index contributed by atoms with van der Waals surface area (Å²) in [5.74, 6) is 0. The number of urea groups is 1. The molecule has 0 aliphatic heterocycles. The molecule has 1 aromatic heterocycles. The molecule has 2 amide bonds. The Hall–Kier alpha value is -2.34.